The topological polar surface area (TPSA) is 43.6 Å². The van der Waals surface area contributed by atoms with Gasteiger partial charge in [0.15, 0.2) is 0 Å². The standard InChI is InChI=1S/C9H10N4/c1-2-8-3-4-9(7-10-8)13-11-5-6-12-13/h3-7H,2H2,1H3. The summed E-state index contributed by atoms with van der Waals surface area (Å²) in [5, 5.41) is 8.02. The molecule has 2 aromatic rings. The Bertz CT molecular complexity index is 363. The predicted molar refractivity (Wildman–Crippen MR) is 48.5 cm³/mol. The van der Waals surface area contributed by atoms with Crippen LogP contribution in [0.3, 0.4) is 0 Å². The van der Waals surface area contributed by atoms with Gasteiger partial charge in [0.05, 0.1) is 18.6 Å². The van der Waals surface area contributed by atoms with Gasteiger partial charge in [0.25, 0.3) is 0 Å². The highest BCUT2D eigenvalue weighted by atomic mass is 15.5. The summed E-state index contributed by atoms with van der Waals surface area (Å²) in [6.07, 6.45) is 6.02. The maximum atomic E-state index is 4.25. The SMILES string of the molecule is CCc1ccc(-n2nccn2)cn1. The van der Waals surface area contributed by atoms with Crippen LogP contribution in [-0.2, 0) is 6.42 Å². The highest BCUT2D eigenvalue weighted by molar-refractivity contribution is 5.26. The van der Waals surface area contributed by atoms with Crippen LogP contribution in [0.5, 0.6) is 0 Å². The molecule has 0 amide bonds. The first-order valence-corrected chi connectivity index (χ1v) is 4.22. The fourth-order valence-corrected chi connectivity index (χ4v) is 1.09. The summed E-state index contributed by atoms with van der Waals surface area (Å²) in [5.41, 5.74) is 1.97. The molecule has 13 heavy (non-hydrogen) atoms. The van der Waals surface area contributed by atoms with Crippen LogP contribution >= 0.6 is 0 Å². The molecule has 0 aliphatic rings. The Labute approximate surface area is 76.2 Å². The minimum Gasteiger partial charge on any atom is -0.259 e. The molecule has 0 aromatic carbocycles. The summed E-state index contributed by atoms with van der Waals surface area (Å²) >= 11 is 0. The van der Waals surface area contributed by atoms with Gasteiger partial charge in [-0.15, -0.1) is 0 Å². The third-order valence-corrected chi connectivity index (χ3v) is 1.82. The summed E-state index contributed by atoms with van der Waals surface area (Å²) in [5.74, 6) is 0. The molecule has 4 heteroatoms. The van der Waals surface area contributed by atoms with Gasteiger partial charge >= 0.3 is 0 Å². The number of aromatic nitrogens is 4. The van der Waals surface area contributed by atoms with Crippen molar-refractivity contribution in [3.05, 3.63) is 36.4 Å². The number of rotatable bonds is 2. The number of pyridine rings is 1. The van der Waals surface area contributed by atoms with E-state index in [4.69, 9.17) is 0 Å². The van der Waals surface area contributed by atoms with Crippen LogP contribution in [0.1, 0.15) is 12.6 Å². The van der Waals surface area contributed by atoms with E-state index in [1.807, 2.05) is 12.1 Å². The molecule has 0 saturated heterocycles. The smallest absolute Gasteiger partial charge is 0.104 e. The first kappa shape index (κ1) is 7.91. The zero-order valence-electron chi connectivity index (χ0n) is 7.38. The molecule has 0 radical (unpaired) electrons. The third-order valence-electron chi connectivity index (χ3n) is 1.82. The van der Waals surface area contributed by atoms with E-state index in [0.717, 1.165) is 17.8 Å². The monoisotopic (exact) mass is 174 g/mol. The van der Waals surface area contributed by atoms with E-state index in [9.17, 15) is 0 Å². The maximum Gasteiger partial charge on any atom is 0.104 e. The molecule has 0 atom stereocenters. The summed E-state index contributed by atoms with van der Waals surface area (Å²) in [6, 6.07) is 3.95. The van der Waals surface area contributed by atoms with Crippen LogP contribution in [0, 0.1) is 0 Å². The third kappa shape index (κ3) is 1.56. The lowest BCUT2D eigenvalue weighted by Crippen LogP contribution is -1.99. The first-order valence-electron chi connectivity index (χ1n) is 4.22. The number of hydrogen-bond donors (Lipinski definition) is 0. The van der Waals surface area contributed by atoms with Crippen molar-refractivity contribution in [3.63, 3.8) is 0 Å². The Hall–Kier alpha value is -1.71. The van der Waals surface area contributed by atoms with Gasteiger partial charge in [0.1, 0.15) is 5.69 Å². The van der Waals surface area contributed by atoms with Gasteiger partial charge in [-0.3, -0.25) is 4.98 Å². The Morgan fingerprint density at radius 3 is 2.54 bits per heavy atom. The van der Waals surface area contributed by atoms with E-state index in [-0.39, 0.29) is 0 Å². The molecule has 0 aliphatic carbocycles. The number of aryl methyl sites for hydroxylation is 1. The molecule has 66 valence electrons. The second-order valence-electron chi connectivity index (χ2n) is 2.68. The molecule has 2 aromatic heterocycles. The van der Waals surface area contributed by atoms with Crippen molar-refractivity contribution < 1.29 is 0 Å². The van der Waals surface area contributed by atoms with Crippen LogP contribution in [0.25, 0.3) is 5.69 Å². The molecule has 2 heterocycles. The highest BCUT2D eigenvalue weighted by Gasteiger charge is 1.97. The van der Waals surface area contributed by atoms with Crippen LogP contribution in [0.15, 0.2) is 30.7 Å². The zero-order chi connectivity index (χ0) is 9.10. The van der Waals surface area contributed by atoms with E-state index in [0.29, 0.717) is 0 Å². The fourth-order valence-electron chi connectivity index (χ4n) is 1.09. The Balaban J connectivity index is 2.33. The van der Waals surface area contributed by atoms with Crippen molar-refractivity contribution in [3.8, 4) is 5.69 Å². The maximum absolute atomic E-state index is 4.25. The molecule has 0 unspecified atom stereocenters. The van der Waals surface area contributed by atoms with Gasteiger partial charge in [0, 0.05) is 5.69 Å². The van der Waals surface area contributed by atoms with E-state index >= 15 is 0 Å². The summed E-state index contributed by atoms with van der Waals surface area (Å²) in [6.45, 7) is 2.08. The molecular formula is C9H10N4. The Kier molecular flexibility index (Phi) is 2.04. The van der Waals surface area contributed by atoms with Crippen LogP contribution in [0.2, 0.25) is 0 Å². The summed E-state index contributed by atoms with van der Waals surface area (Å²) in [4.78, 5) is 5.80. The molecular weight excluding hydrogens is 164 g/mol. The normalized spacial score (nSPS) is 10.2. The minimum atomic E-state index is 0.891. The quantitative estimate of drug-likeness (QED) is 0.687. The van der Waals surface area contributed by atoms with Crippen LogP contribution in [-0.4, -0.2) is 20.0 Å². The molecule has 4 nitrogen and oxygen atoms in total. The molecule has 0 N–H and O–H groups in total. The van der Waals surface area contributed by atoms with Gasteiger partial charge < -0.3 is 0 Å². The van der Waals surface area contributed by atoms with E-state index in [1.165, 1.54) is 0 Å². The number of nitrogens with zero attached hydrogens (tertiary/aromatic N) is 4. The van der Waals surface area contributed by atoms with Crippen molar-refractivity contribution in [2.75, 3.05) is 0 Å². The van der Waals surface area contributed by atoms with Crippen molar-refractivity contribution in [2.24, 2.45) is 0 Å². The van der Waals surface area contributed by atoms with Crippen molar-refractivity contribution in [2.45, 2.75) is 13.3 Å². The lowest BCUT2D eigenvalue weighted by Gasteiger charge is -1.99. The molecule has 2 rings (SSSR count). The van der Waals surface area contributed by atoms with Crippen LogP contribution < -0.4 is 0 Å². The summed E-state index contributed by atoms with van der Waals surface area (Å²) in [7, 11) is 0. The van der Waals surface area contributed by atoms with E-state index in [1.54, 1.807) is 23.4 Å². The van der Waals surface area contributed by atoms with Gasteiger partial charge in [-0.05, 0) is 18.6 Å². The van der Waals surface area contributed by atoms with Crippen LogP contribution in [0.4, 0.5) is 0 Å². The van der Waals surface area contributed by atoms with Crippen molar-refractivity contribution >= 4 is 0 Å². The largest absolute Gasteiger partial charge is 0.259 e. The van der Waals surface area contributed by atoms with Gasteiger partial charge in [0.2, 0.25) is 0 Å². The second kappa shape index (κ2) is 3.35. The van der Waals surface area contributed by atoms with Crippen molar-refractivity contribution in [1.82, 2.24) is 20.0 Å². The molecule has 0 fully saturated rings. The average molecular weight is 174 g/mol. The highest BCUT2D eigenvalue weighted by Crippen LogP contribution is 2.03. The van der Waals surface area contributed by atoms with Gasteiger partial charge in [-0.1, -0.05) is 6.92 Å². The van der Waals surface area contributed by atoms with Gasteiger partial charge in [-0.25, -0.2) is 0 Å². The van der Waals surface area contributed by atoms with Gasteiger partial charge in [-0.2, -0.15) is 15.0 Å². The molecule has 0 aliphatic heterocycles. The molecule has 0 saturated carbocycles. The van der Waals surface area contributed by atoms with E-state index in [2.05, 4.69) is 22.1 Å². The predicted octanol–water partition coefficient (Wildman–Crippen LogP) is 1.22. The van der Waals surface area contributed by atoms with E-state index < -0.39 is 0 Å². The number of hydrogen-bond acceptors (Lipinski definition) is 3. The Morgan fingerprint density at radius 2 is 2.00 bits per heavy atom. The van der Waals surface area contributed by atoms with Crippen molar-refractivity contribution in [1.29, 1.82) is 0 Å². The summed E-state index contributed by atoms with van der Waals surface area (Å²) < 4.78 is 0. The molecule has 0 spiro atoms. The Morgan fingerprint density at radius 1 is 1.23 bits per heavy atom. The lowest BCUT2D eigenvalue weighted by molar-refractivity contribution is 0.746. The zero-order valence-corrected chi connectivity index (χ0v) is 7.38. The second-order valence-corrected chi connectivity index (χ2v) is 2.68. The first-order chi connectivity index (χ1) is 6.40. The fraction of sp³-hybridized carbons (Fsp3) is 0.222. The molecule has 0 bridgehead atoms. The average Bonchev–Trinajstić information content (AvgIpc) is 2.71. The minimum absolute atomic E-state index is 0.891. The lowest BCUT2D eigenvalue weighted by atomic mass is 10.3.